The van der Waals surface area contributed by atoms with Crippen molar-refractivity contribution in [2.75, 3.05) is 47.0 Å². The largest absolute Gasteiger partial charge is 0.460 e. The van der Waals surface area contributed by atoms with Crippen molar-refractivity contribution in [3.8, 4) is 0 Å². The number of piperidine rings is 2. The van der Waals surface area contributed by atoms with Crippen LogP contribution in [-0.4, -0.2) is 43.0 Å². The van der Waals surface area contributed by atoms with Gasteiger partial charge in [0.25, 0.3) is 17.9 Å². The van der Waals surface area contributed by atoms with Crippen LogP contribution in [0.25, 0.3) is 11.0 Å². The number of nitrogens with one attached hydrogen (secondary N) is 1. The highest BCUT2D eigenvalue weighted by atomic mass is 19.3. The maximum absolute atomic E-state index is 13.7. The molecule has 3 aromatic rings. The summed E-state index contributed by atoms with van der Waals surface area (Å²) in [6.45, 7) is 2.67. The fourth-order valence-electron chi connectivity index (χ4n) is 4.83. The summed E-state index contributed by atoms with van der Waals surface area (Å²) in [5.74, 6) is -2.52. The highest BCUT2D eigenvalue weighted by Crippen LogP contribution is 2.35. The molecule has 37 heavy (non-hydrogen) atoms. The Kier molecular flexibility index (Phi) is 6.47. The quantitative estimate of drug-likeness (QED) is 0.328. The van der Waals surface area contributed by atoms with Crippen LogP contribution in [0.15, 0.2) is 46.6 Å². The molecule has 5 rings (SSSR count). The zero-order valence-electron chi connectivity index (χ0n) is 20.3. The van der Waals surface area contributed by atoms with Crippen molar-refractivity contribution in [2.24, 2.45) is 0 Å². The van der Waals surface area contributed by atoms with Gasteiger partial charge < -0.3 is 25.3 Å². The van der Waals surface area contributed by atoms with E-state index in [9.17, 15) is 22.4 Å². The fraction of sp³-hybridized carbons (Fsp3) is 0.385. The zero-order valence-corrected chi connectivity index (χ0v) is 20.3. The average molecular weight is 518 g/mol. The first-order valence-corrected chi connectivity index (χ1v) is 12.1. The summed E-state index contributed by atoms with van der Waals surface area (Å²) >= 11 is 0. The number of anilines is 4. The van der Waals surface area contributed by atoms with E-state index in [1.165, 1.54) is 6.26 Å². The van der Waals surface area contributed by atoms with Crippen LogP contribution >= 0.6 is 0 Å². The number of fused-ring (bicyclic) bond motifs is 1. The van der Waals surface area contributed by atoms with E-state index < -0.39 is 17.9 Å². The van der Waals surface area contributed by atoms with Crippen LogP contribution in [0, 0.1) is 6.92 Å². The molecule has 2 saturated heterocycles. The van der Waals surface area contributed by atoms with Gasteiger partial charge in [-0.3, -0.25) is 4.79 Å². The van der Waals surface area contributed by atoms with Gasteiger partial charge >= 0.3 is 0 Å². The van der Waals surface area contributed by atoms with E-state index in [0.717, 1.165) is 0 Å². The summed E-state index contributed by atoms with van der Waals surface area (Å²) in [4.78, 5) is 21.6. The Labute approximate surface area is 210 Å². The van der Waals surface area contributed by atoms with E-state index >= 15 is 0 Å². The lowest BCUT2D eigenvalue weighted by Gasteiger charge is -2.32. The van der Waals surface area contributed by atoms with Gasteiger partial charge in [-0.05, 0) is 55.2 Å². The Morgan fingerprint density at radius 3 is 2.46 bits per heavy atom. The minimum atomic E-state index is -2.71. The van der Waals surface area contributed by atoms with Gasteiger partial charge in [0.05, 0.1) is 17.5 Å². The van der Waals surface area contributed by atoms with E-state index in [-0.39, 0.29) is 50.2 Å². The predicted molar refractivity (Wildman–Crippen MR) is 135 cm³/mol. The zero-order chi connectivity index (χ0) is 26.3. The first-order chi connectivity index (χ1) is 17.6. The number of hydrogen-bond donors (Lipinski definition) is 2. The van der Waals surface area contributed by atoms with Crippen LogP contribution in [0.5, 0.6) is 0 Å². The molecule has 11 heteroatoms. The number of hydrogen-bond acceptors (Lipinski definition) is 6. The van der Waals surface area contributed by atoms with Crippen LogP contribution in [0.3, 0.4) is 0 Å². The number of pyridine rings is 1. The van der Waals surface area contributed by atoms with Gasteiger partial charge in [0, 0.05) is 50.1 Å². The third-order valence-electron chi connectivity index (χ3n) is 7.06. The molecule has 4 heterocycles. The van der Waals surface area contributed by atoms with Gasteiger partial charge in [-0.15, -0.1) is 0 Å². The van der Waals surface area contributed by atoms with Gasteiger partial charge in [-0.2, -0.15) is 8.78 Å². The van der Waals surface area contributed by atoms with Crippen LogP contribution in [0.4, 0.5) is 40.6 Å². The van der Waals surface area contributed by atoms with E-state index in [1.807, 2.05) is 4.90 Å². The SMILES string of the molecule is Cc1cc(C(=O)Nc2cc3ccoc3c(N3CCC(F)(F)CC3)n2)c(N2CCC(=C(F)F)CC2)cc1N. The van der Waals surface area contributed by atoms with Gasteiger partial charge in [0.2, 0.25) is 0 Å². The topological polar surface area (TPSA) is 87.6 Å². The first kappa shape index (κ1) is 24.9. The molecule has 7 nitrogen and oxygen atoms in total. The summed E-state index contributed by atoms with van der Waals surface area (Å²) < 4.78 is 59.1. The lowest BCUT2D eigenvalue weighted by molar-refractivity contribution is -0.0221. The second kappa shape index (κ2) is 9.60. The highest BCUT2D eigenvalue weighted by molar-refractivity contribution is 6.09. The van der Waals surface area contributed by atoms with Crippen LogP contribution < -0.4 is 20.9 Å². The van der Waals surface area contributed by atoms with Gasteiger partial charge in [0.15, 0.2) is 11.4 Å². The summed E-state index contributed by atoms with van der Waals surface area (Å²) in [6, 6.07) is 6.74. The molecular weight excluding hydrogens is 490 g/mol. The molecule has 1 amide bonds. The Morgan fingerprint density at radius 1 is 1.08 bits per heavy atom. The second-order valence-electron chi connectivity index (χ2n) is 9.54. The van der Waals surface area contributed by atoms with Crippen LogP contribution in [0.1, 0.15) is 41.6 Å². The molecule has 0 bridgehead atoms. The molecule has 0 spiro atoms. The van der Waals surface area contributed by atoms with E-state index in [0.29, 0.717) is 52.4 Å². The number of carbonyl (C=O) groups is 1. The van der Waals surface area contributed by atoms with Crippen molar-refractivity contribution >= 4 is 39.9 Å². The van der Waals surface area contributed by atoms with Crippen molar-refractivity contribution in [2.45, 2.75) is 38.5 Å². The third-order valence-corrected chi connectivity index (χ3v) is 7.06. The second-order valence-corrected chi connectivity index (χ2v) is 9.54. The summed E-state index contributed by atoms with van der Waals surface area (Å²) in [5, 5.41) is 3.50. The fourth-order valence-corrected chi connectivity index (χ4v) is 4.83. The van der Waals surface area contributed by atoms with Gasteiger partial charge in [-0.1, -0.05) is 0 Å². The number of aromatic nitrogens is 1. The minimum Gasteiger partial charge on any atom is -0.460 e. The number of nitrogens with zero attached hydrogens (tertiary/aromatic N) is 3. The number of nitrogens with two attached hydrogens (primary N) is 1. The van der Waals surface area contributed by atoms with Crippen molar-refractivity contribution < 1.29 is 26.8 Å². The molecule has 3 N–H and O–H groups in total. The van der Waals surface area contributed by atoms with Gasteiger partial charge in [0.1, 0.15) is 5.82 Å². The minimum absolute atomic E-state index is 0.110. The molecule has 2 aliphatic heterocycles. The molecule has 0 atom stereocenters. The number of aryl methyl sites for hydroxylation is 1. The Balaban J connectivity index is 1.44. The third kappa shape index (κ3) is 5.07. The molecule has 2 aromatic heterocycles. The smallest absolute Gasteiger partial charge is 0.269 e. The number of carbonyl (C=O) groups excluding carboxylic acids is 1. The molecule has 196 valence electrons. The van der Waals surface area contributed by atoms with Crippen LogP contribution in [-0.2, 0) is 0 Å². The standard InChI is InChI=1S/C26H27F4N5O2/c1-15-12-18(20(14-19(15)31)34-7-2-16(3-8-34)23(27)28)25(36)33-21-13-17-4-11-37-22(17)24(32-21)35-9-5-26(29,30)6-10-35/h4,11-14H,2-3,5-10,31H2,1H3,(H,32,33,36). The maximum Gasteiger partial charge on any atom is 0.269 e. The van der Waals surface area contributed by atoms with E-state index in [2.05, 4.69) is 10.3 Å². The molecule has 0 unspecified atom stereocenters. The molecule has 0 radical (unpaired) electrons. The Bertz CT molecular complexity index is 1360. The van der Waals surface area contributed by atoms with Crippen molar-refractivity contribution in [3.05, 3.63) is 53.3 Å². The first-order valence-electron chi connectivity index (χ1n) is 12.1. The molecule has 2 aliphatic rings. The number of furan rings is 1. The van der Waals surface area contributed by atoms with E-state index in [4.69, 9.17) is 10.2 Å². The summed E-state index contributed by atoms with van der Waals surface area (Å²) in [5.41, 5.74) is 8.81. The number of rotatable bonds is 4. The number of benzene rings is 1. The maximum atomic E-state index is 13.7. The summed E-state index contributed by atoms with van der Waals surface area (Å²) in [7, 11) is 0. The lowest BCUT2D eigenvalue weighted by atomic mass is 10.0. The van der Waals surface area contributed by atoms with Crippen molar-refractivity contribution in [3.63, 3.8) is 0 Å². The van der Waals surface area contributed by atoms with Crippen molar-refractivity contribution in [1.82, 2.24) is 4.98 Å². The number of nitrogen functional groups attached to an aromatic ring is 1. The van der Waals surface area contributed by atoms with Crippen LogP contribution in [0.2, 0.25) is 0 Å². The lowest BCUT2D eigenvalue weighted by Crippen LogP contribution is -2.39. The molecular formula is C26H27F4N5O2. The Morgan fingerprint density at radius 2 is 1.78 bits per heavy atom. The highest BCUT2D eigenvalue weighted by Gasteiger charge is 2.35. The van der Waals surface area contributed by atoms with Gasteiger partial charge in [-0.25, -0.2) is 13.8 Å². The number of halogens is 4. The molecule has 2 fully saturated rings. The summed E-state index contributed by atoms with van der Waals surface area (Å²) in [6.07, 6.45) is -0.334. The average Bonchev–Trinajstić information content (AvgIpc) is 3.34. The molecule has 1 aromatic carbocycles. The van der Waals surface area contributed by atoms with Crippen molar-refractivity contribution in [1.29, 1.82) is 0 Å². The Hall–Kier alpha value is -3.76. The normalized spacial score (nSPS) is 17.8. The number of amides is 1. The predicted octanol–water partition coefficient (Wildman–Crippen LogP) is 5.96. The molecule has 0 saturated carbocycles. The molecule has 0 aliphatic carbocycles. The number of alkyl halides is 2. The monoisotopic (exact) mass is 517 g/mol. The van der Waals surface area contributed by atoms with E-state index in [1.54, 1.807) is 36.1 Å².